The van der Waals surface area contributed by atoms with Gasteiger partial charge in [-0.1, -0.05) is 41.9 Å². The van der Waals surface area contributed by atoms with E-state index in [1.807, 2.05) is 30.3 Å². The van der Waals surface area contributed by atoms with E-state index < -0.39 is 23.5 Å². The second kappa shape index (κ2) is 10.5. The minimum Gasteiger partial charge on any atom is -0.445 e. The molecule has 3 atom stereocenters. The number of amides is 2. The molecule has 1 aromatic carbocycles. The highest BCUT2D eigenvalue weighted by atomic mass is 16.6. The second-order valence-corrected chi connectivity index (χ2v) is 10.2. The molecule has 2 fully saturated rings. The van der Waals surface area contributed by atoms with Gasteiger partial charge in [0.05, 0.1) is 18.0 Å². The van der Waals surface area contributed by atoms with Crippen molar-refractivity contribution in [2.75, 3.05) is 6.54 Å². The van der Waals surface area contributed by atoms with E-state index in [-0.39, 0.29) is 36.3 Å². The van der Waals surface area contributed by atoms with Crippen LogP contribution in [0.4, 0.5) is 9.59 Å². The summed E-state index contributed by atoms with van der Waals surface area (Å²) in [6, 6.07) is 9.11. The fourth-order valence-electron chi connectivity index (χ4n) is 4.80. The average molecular weight is 501 g/mol. The molecule has 4 rings (SSSR count). The highest BCUT2D eigenvalue weighted by Gasteiger charge is 2.50. The van der Waals surface area contributed by atoms with Crippen molar-refractivity contribution in [1.29, 1.82) is 0 Å². The lowest BCUT2D eigenvalue weighted by Gasteiger charge is -2.26. The molecule has 2 amide bonds. The molecule has 2 saturated heterocycles. The van der Waals surface area contributed by atoms with E-state index in [2.05, 4.69) is 15.0 Å². The summed E-state index contributed by atoms with van der Waals surface area (Å²) in [7, 11) is 0. The first-order valence-corrected chi connectivity index (χ1v) is 12.2. The molecule has 2 aliphatic rings. The number of aromatic nitrogens is 2. The van der Waals surface area contributed by atoms with Gasteiger partial charge in [0, 0.05) is 13.0 Å². The number of benzene rings is 1. The smallest absolute Gasteiger partial charge is 0.445 e. The zero-order chi connectivity index (χ0) is 25.9. The van der Waals surface area contributed by atoms with Crippen LogP contribution in [0.25, 0.3) is 0 Å². The van der Waals surface area contributed by atoms with Crippen LogP contribution in [-0.2, 0) is 27.3 Å². The number of hydrogen-bond donors (Lipinski definition) is 1. The maximum Gasteiger partial charge on any atom is 0.451 e. The van der Waals surface area contributed by atoms with Crippen LogP contribution in [0.15, 0.2) is 39.6 Å². The van der Waals surface area contributed by atoms with E-state index in [0.717, 1.165) is 10.1 Å². The summed E-state index contributed by atoms with van der Waals surface area (Å²) in [6.45, 7) is 5.81. The Morgan fingerprint density at radius 1 is 1.14 bits per heavy atom. The van der Waals surface area contributed by atoms with Crippen LogP contribution in [-0.4, -0.2) is 56.9 Å². The fraction of sp³-hybridized carbons (Fsp3) is 0.560. The Bertz CT molecular complexity index is 1150. The molecule has 2 aliphatic heterocycles. The van der Waals surface area contributed by atoms with E-state index in [4.69, 9.17) is 9.47 Å². The quantitative estimate of drug-likeness (QED) is 0.574. The number of likely N-dealkylation sites (tertiary alicyclic amines) is 1. The summed E-state index contributed by atoms with van der Waals surface area (Å²) >= 11 is 0. The van der Waals surface area contributed by atoms with Gasteiger partial charge >= 0.3 is 17.9 Å². The monoisotopic (exact) mass is 500 g/mol. The zero-order valence-electron chi connectivity index (χ0n) is 20.8. The first kappa shape index (κ1) is 25.5. The molecule has 1 aromatic heterocycles. The SMILES string of the molecule is CC(C)(C)OC(=O)n1c(CCCCC2C(=O)NC3CCN(C(=O)OCc4ccccc4)C32)noc1=O. The summed E-state index contributed by atoms with van der Waals surface area (Å²) in [5, 5.41) is 6.72. The zero-order valence-corrected chi connectivity index (χ0v) is 20.8. The Morgan fingerprint density at radius 3 is 2.61 bits per heavy atom. The summed E-state index contributed by atoms with van der Waals surface area (Å²) in [5.74, 6) is -1.15. The van der Waals surface area contributed by atoms with Gasteiger partial charge in [-0.2, -0.15) is 4.57 Å². The van der Waals surface area contributed by atoms with Gasteiger partial charge in [0.1, 0.15) is 12.2 Å². The van der Waals surface area contributed by atoms with Crippen LogP contribution in [0.5, 0.6) is 0 Å². The molecule has 0 radical (unpaired) electrons. The third-order valence-corrected chi connectivity index (χ3v) is 6.38. The lowest BCUT2D eigenvalue weighted by molar-refractivity contribution is -0.123. The van der Waals surface area contributed by atoms with Crippen LogP contribution in [0.2, 0.25) is 0 Å². The number of aryl methyl sites for hydroxylation is 1. The minimum absolute atomic E-state index is 0.0716. The number of fused-ring (bicyclic) bond motifs is 1. The molecule has 2 aromatic rings. The number of nitrogens with zero attached hydrogens (tertiary/aromatic N) is 3. The van der Waals surface area contributed by atoms with Crippen molar-refractivity contribution in [3.63, 3.8) is 0 Å². The molecule has 1 N–H and O–H groups in total. The largest absolute Gasteiger partial charge is 0.451 e. The third-order valence-electron chi connectivity index (χ3n) is 6.38. The number of nitrogens with one attached hydrogen (secondary N) is 1. The van der Waals surface area contributed by atoms with Crippen molar-refractivity contribution in [2.45, 2.75) is 77.2 Å². The molecule has 3 heterocycles. The van der Waals surface area contributed by atoms with Crippen molar-refractivity contribution < 1.29 is 28.4 Å². The molecule has 194 valence electrons. The second-order valence-electron chi connectivity index (χ2n) is 10.2. The van der Waals surface area contributed by atoms with Crippen LogP contribution < -0.4 is 11.1 Å². The van der Waals surface area contributed by atoms with E-state index in [9.17, 15) is 19.2 Å². The highest BCUT2D eigenvalue weighted by molar-refractivity contribution is 5.84. The topological polar surface area (TPSA) is 133 Å². The number of carbonyl (C=O) groups excluding carboxylic acids is 3. The van der Waals surface area contributed by atoms with Gasteiger partial charge < -0.3 is 19.7 Å². The van der Waals surface area contributed by atoms with Gasteiger partial charge in [-0.15, -0.1) is 0 Å². The van der Waals surface area contributed by atoms with E-state index in [0.29, 0.717) is 38.6 Å². The first-order valence-electron chi connectivity index (χ1n) is 12.2. The van der Waals surface area contributed by atoms with Gasteiger partial charge in [-0.25, -0.2) is 14.4 Å². The Balaban J connectivity index is 1.32. The third kappa shape index (κ3) is 5.77. The van der Waals surface area contributed by atoms with Crippen molar-refractivity contribution in [3.05, 3.63) is 52.3 Å². The predicted octanol–water partition coefficient (Wildman–Crippen LogP) is 2.86. The summed E-state index contributed by atoms with van der Waals surface area (Å²) in [6.07, 6.45) is 1.47. The van der Waals surface area contributed by atoms with Crippen molar-refractivity contribution in [2.24, 2.45) is 5.92 Å². The molecule has 0 bridgehead atoms. The maximum atomic E-state index is 12.8. The molecule has 0 saturated carbocycles. The average Bonchev–Trinajstić information content (AvgIpc) is 3.48. The molecular formula is C25H32N4O7. The summed E-state index contributed by atoms with van der Waals surface area (Å²) in [5.41, 5.74) is 0.129. The Kier molecular flexibility index (Phi) is 7.46. The maximum absolute atomic E-state index is 12.8. The van der Waals surface area contributed by atoms with Gasteiger partial charge in [-0.3, -0.25) is 9.32 Å². The molecule has 11 nitrogen and oxygen atoms in total. The lowest BCUT2D eigenvalue weighted by atomic mass is 9.93. The number of hydrogen-bond acceptors (Lipinski definition) is 8. The van der Waals surface area contributed by atoms with Crippen LogP contribution in [0.1, 0.15) is 57.8 Å². The number of unbranched alkanes of at least 4 members (excludes halogenated alkanes) is 1. The number of rotatable bonds is 7. The number of carbonyl (C=O) groups is 3. The Morgan fingerprint density at radius 2 is 1.89 bits per heavy atom. The Hall–Kier alpha value is -3.63. The normalized spacial score (nSPS) is 21.2. The highest BCUT2D eigenvalue weighted by Crippen LogP contribution is 2.34. The van der Waals surface area contributed by atoms with Crippen molar-refractivity contribution in [1.82, 2.24) is 19.9 Å². The molecule has 0 aliphatic carbocycles. The molecule has 36 heavy (non-hydrogen) atoms. The van der Waals surface area contributed by atoms with Crippen LogP contribution in [0, 0.1) is 5.92 Å². The van der Waals surface area contributed by atoms with E-state index in [1.54, 1.807) is 25.7 Å². The van der Waals surface area contributed by atoms with Gasteiger partial charge in [0.2, 0.25) is 5.91 Å². The van der Waals surface area contributed by atoms with Gasteiger partial charge in [0.15, 0.2) is 5.82 Å². The van der Waals surface area contributed by atoms with Gasteiger partial charge in [0.25, 0.3) is 0 Å². The molecule has 0 spiro atoms. The lowest BCUT2D eigenvalue weighted by Crippen LogP contribution is -2.42. The molecule has 3 unspecified atom stereocenters. The van der Waals surface area contributed by atoms with E-state index in [1.165, 1.54) is 0 Å². The molecule has 11 heteroatoms. The van der Waals surface area contributed by atoms with E-state index >= 15 is 0 Å². The summed E-state index contributed by atoms with van der Waals surface area (Å²) in [4.78, 5) is 51.4. The van der Waals surface area contributed by atoms with Crippen molar-refractivity contribution >= 4 is 18.1 Å². The minimum atomic E-state index is -0.895. The summed E-state index contributed by atoms with van der Waals surface area (Å²) < 4.78 is 16.2. The van der Waals surface area contributed by atoms with Crippen molar-refractivity contribution in [3.8, 4) is 0 Å². The van der Waals surface area contributed by atoms with Crippen LogP contribution in [0.3, 0.4) is 0 Å². The fourth-order valence-corrected chi connectivity index (χ4v) is 4.80. The van der Waals surface area contributed by atoms with Crippen LogP contribution >= 0.6 is 0 Å². The standard InChI is InChI=1S/C25H32N4O7/c1-25(2,3)35-23(32)29-19(27-36-24(29)33)12-8-7-11-17-20-18(26-21(17)30)13-14-28(20)22(31)34-15-16-9-5-4-6-10-16/h4-6,9-10,17-18,20H,7-8,11-15H2,1-3H3,(H,26,30). The molecular weight excluding hydrogens is 468 g/mol. The Labute approximate surface area is 208 Å². The van der Waals surface area contributed by atoms with Gasteiger partial charge in [-0.05, 0) is 45.6 Å². The predicted molar refractivity (Wildman–Crippen MR) is 127 cm³/mol. The number of ether oxygens (including phenoxy) is 2. The first-order chi connectivity index (χ1) is 17.1.